The average molecular weight is 285 g/mol. The van der Waals surface area contributed by atoms with Gasteiger partial charge in [-0.25, -0.2) is 17.5 Å². The van der Waals surface area contributed by atoms with Crippen LogP contribution >= 0.6 is 0 Å². The molecule has 0 atom stereocenters. The van der Waals surface area contributed by atoms with Crippen molar-refractivity contribution < 1.29 is 18.3 Å². The summed E-state index contributed by atoms with van der Waals surface area (Å²) in [6.07, 6.45) is 0. The van der Waals surface area contributed by atoms with Crippen LogP contribution in [0, 0.1) is 0 Å². The quantitative estimate of drug-likeness (QED) is 0.917. The minimum absolute atomic E-state index is 0.185. The van der Waals surface area contributed by atoms with E-state index in [0.29, 0.717) is 0 Å². The van der Waals surface area contributed by atoms with Gasteiger partial charge in [0.2, 0.25) is 10.0 Å². The fourth-order valence-corrected chi connectivity index (χ4v) is 2.82. The van der Waals surface area contributed by atoms with Crippen LogP contribution in [-0.4, -0.2) is 35.6 Å². The predicted molar refractivity (Wildman–Crippen MR) is 73.5 cm³/mol. The number of rotatable bonds is 4. The molecule has 1 aromatic carbocycles. The third-order valence-electron chi connectivity index (χ3n) is 2.79. The van der Waals surface area contributed by atoms with E-state index < -0.39 is 20.7 Å². The van der Waals surface area contributed by atoms with Gasteiger partial charge in [-0.15, -0.1) is 0 Å². The molecule has 106 valence electrons. The van der Waals surface area contributed by atoms with Crippen molar-refractivity contribution in [1.29, 1.82) is 0 Å². The maximum atomic E-state index is 12.2. The highest BCUT2D eigenvalue weighted by molar-refractivity contribution is 7.90. The SMILES string of the molecule is CN(Cc1ccc(C(=O)O)cc1)S(=O)(=O)C(C)(C)C. The minimum atomic E-state index is -3.38. The molecular weight excluding hydrogens is 266 g/mol. The second kappa shape index (κ2) is 5.30. The predicted octanol–water partition coefficient (Wildman–Crippen LogP) is 1.94. The van der Waals surface area contributed by atoms with Gasteiger partial charge in [0.1, 0.15) is 0 Å². The summed E-state index contributed by atoms with van der Waals surface area (Å²) in [5.74, 6) is -0.998. The molecule has 0 heterocycles. The number of carbonyl (C=O) groups is 1. The lowest BCUT2D eigenvalue weighted by molar-refractivity contribution is 0.0697. The minimum Gasteiger partial charge on any atom is -0.478 e. The van der Waals surface area contributed by atoms with Crippen LogP contribution in [0.2, 0.25) is 0 Å². The van der Waals surface area contributed by atoms with Gasteiger partial charge in [-0.1, -0.05) is 12.1 Å². The fourth-order valence-electron chi connectivity index (χ4n) is 1.56. The normalized spacial score (nSPS) is 12.7. The summed E-state index contributed by atoms with van der Waals surface area (Å²) in [7, 11) is -1.86. The summed E-state index contributed by atoms with van der Waals surface area (Å²) in [4.78, 5) is 10.7. The summed E-state index contributed by atoms with van der Waals surface area (Å²) in [5, 5.41) is 8.79. The smallest absolute Gasteiger partial charge is 0.335 e. The third-order valence-corrected chi connectivity index (χ3v) is 5.29. The van der Waals surface area contributed by atoms with Gasteiger partial charge in [-0.3, -0.25) is 0 Å². The Morgan fingerprint density at radius 2 is 1.68 bits per heavy atom. The van der Waals surface area contributed by atoms with Gasteiger partial charge in [0.25, 0.3) is 0 Å². The van der Waals surface area contributed by atoms with Crippen molar-refractivity contribution in [2.24, 2.45) is 0 Å². The number of hydrogen-bond donors (Lipinski definition) is 1. The Bertz CT molecular complexity index is 555. The Morgan fingerprint density at radius 1 is 1.21 bits per heavy atom. The molecule has 1 rings (SSSR count). The maximum Gasteiger partial charge on any atom is 0.335 e. The summed E-state index contributed by atoms with van der Waals surface area (Å²) in [6.45, 7) is 5.16. The molecule has 0 fully saturated rings. The Morgan fingerprint density at radius 3 is 2.05 bits per heavy atom. The van der Waals surface area contributed by atoms with Gasteiger partial charge >= 0.3 is 5.97 Å². The zero-order chi connectivity index (χ0) is 14.8. The van der Waals surface area contributed by atoms with Crippen molar-refractivity contribution in [3.8, 4) is 0 Å². The zero-order valence-corrected chi connectivity index (χ0v) is 12.4. The molecule has 0 unspecified atom stereocenters. The Labute approximate surface area is 113 Å². The first-order valence-corrected chi connectivity index (χ1v) is 7.28. The lowest BCUT2D eigenvalue weighted by Gasteiger charge is -2.26. The first kappa shape index (κ1) is 15.7. The fraction of sp³-hybridized carbons (Fsp3) is 0.462. The van der Waals surface area contributed by atoms with E-state index in [1.54, 1.807) is 32.9 Å². The molecular formula is C13H19NO4S. The van der Waals surface area contributed by atoms with E-state index >= 15 is 0 Å². The number of aromatic carboxylic acids is 1. The van der Waals surface area contributed by atoms with Crippen molar-refractivity contribution in [2.75, 3.05) is 7.05 Å². The maximum absolute atomic E-state index is 12.2. The number of carboxylic acids is 1. The molecule has 0 aliphatic heterocycles. The van der Waals surface area contributed by atoms with Crippen molar-refractivity contribution in [3.63, 3.8) is 0 Å². The first-order chi connectivity index (χ1) is 8.55. The van der Waals surface area contributed by atoms with Gasteiger partial charge in [0.05, 0.1) is 10.3 Å². The highest BCUT2D eigenvalue weighted by Crippen LogP contribution is 2.20. The van der Waals surface area contributed by atoms with Crippen LogP contribution in [-0.2, 0) is 16.6 Å². The number of carboxylic acid groups (broad SMARTS) is 1. The van der Waals surface area contributed by atoms with Gasteiger partial charge in [-0.2, -0.15) is 0 Å². The van der Waals surface area contributed by atoms with E-state index in [4.69, 9.17) is 5.11 Å². The Balaban J connectivity index is 2.89. The van der Waals surface area contributed by atoms with E-state index in [1.165, 1.54) is 23.5 Å². The molecule has 0 amide bonds. The number of nitrogens with zero attached hydrogens (tertiary/aromatic N) is 1. The molecule has 1 N–H and O–H groups in total. The van der Waals surface area contributed by atoms with Crippen molar-refractivity contribution in [1.82, 2.24) is 4.31 Å². The van der Waals surface area contributed by atoms with Crippen LogP contribution in [0.15, 0.2) is 24.3 Å². The highest BCUT2D eigenvalue weighted by atomic mass is 32.2. The molecule has 0 spiro atoms. The molecule has 0 saturated heterocycles. The van der Waals surface area contributed by atoms with Crippen LogP contribution in [0.3, 0.4) is 0 Å². The second-order valence-electron chi connectivity index (χ2n) is 5.38. The molecule has 0 saturated carbocycles. The molecule has 6 heteroatoms. The van der Waals surface area contributed by atoms with E-state index in [0.717, 1.165) is 5.56 Å². The third kappa shape index (κ3) is 3.54. The second-order valence-corrected chi connectivity index (χ2v) is 8.17. The lowest BCUT2D eigenvalue weighted by atomic mass is 10.1. The Hall–Kier alpha value is -1.40. The molecule has 0 aliphatic rings. The van der Waals surface area contributed by atoms with Gasteiger partial charge < -0.3 is 5.11 Å². The van der Waals surface area contributed by atoms with Crippen LogP contribution < -0.4 is 0 Å². The molecule has 0 radical (unpaired) electrons. The van der Waals surface area contributed by atoms with Crippen LogP contribution in [0.1, 0.15) is 36.7 Å². The van der Waals surface area contributed by atoms with Crippen LogP contribution in [0.25, 0.3) is 0 Å². The summed E-state index contributed by atoms with van der Waals surface area (Å²) >= 11 is 0. The average Bonchev–Trinajstić information content (AvgIpc) is 2.28. The zero-order valence-electron chi connectivity index (χ0n) is 11.5. The topological polar surface area (TPSA) is 74.7 Å². The van der Waals surface area contributed by atoms with Crippen molar-refractivity contribution >= 4 is 16.0 Å². The summed E-state index contributed by atoms with van der Waals surface area (Å²) in [5.41, 5.74) is 0.936. The largest absolute Gasteiger partial charge is 0.478 e. The van der Waals surface area contributed by atoms with Crippen LogP contribution in [0.4, 0.5) is 0 Å². The van der Waals surface area contributed by atoms with Crippen LogP contribution in [0.5, 0.6) is 0 Å². The van der Waals surface area contributed by atoms with E-state index in [2.05, 4.69) is 0 Å². The van der Waals surface area contributed by atoms with E-state index in [1.807, 2.05) is 0 Å². The molecule has 0 bridgehead atoms. The van der Waals surface area contributed by atoms with Crippen molar-refractivity contribution in [2.45, 2.75) is 32.1 Å². The molecule has 0 aliphatic carbocycles. The summed E-state index contributed by atoms with van der Waals surface area (Å²) < 4.78 is 24.7. The number of benzene rings is 1. The standard InChI is InChI=1S/C13H19NO4S/c1-13(2,3)19(17,18)14(4)9-10-5-7-11(8-6-10)12(15)16/h5-8H,9H2,1-4H3,(H,15,16). The molecule has 1 aromatic rings. The lowest BCUT2D eigenvalue weighted by Crippen LogP contribution is -2.40. The van der Waals surface area contributed by atoms with Gasteiger partial charge in [-0.05, 0) is 38.5 Å². The van der Waals surface area contributed by atoms with E-state index in [9.17, 15) is 13.2 Å². The summed E-state index contributed by atoms with van der Waals surface area (Å²) in [6, 6.07) is 6.18. The van der Waals surface area contributed by atoms with Gasteiger partial charge in [0, 0.05) is 13.6 Å². The molecule has 19 heavy (non-hydrogen) atoms. The molecule has 0 aromatic heterocycles. The number of hydrogen-bond acceptors (Lipinski definition) is 3. The number of sulfonamides is 1. The first-order valence-electron chi connectivity index (χ1n) is 5.84. The Kier molecular flexibility index (Phi) is 4.37. The highest BCUT2D eigenvalue weighted by Gasteiger charge is 2.32. The molecule has 5 nitrogen and oxygen atoms in total. The van der Waals surface area contributed by atoms with Crippen molar-refractivity contribution in [3.05, 3.63) is 35.4 Å². The van der Waals surface area contributed by atoms with E-state index in [-0.39, 0.29) is 12.1 Å². The monoisotopic (exact) mass is 285 g/mol. The van der Waals surface area contributed by atoms with Gasteiger partial charge in [0.15, 0.2) is 0 Å².